The highest BCUT2D eigenvalue weighted by Gasteiger charge is 2.51. The SMILES string of the molecule is CC(=O)OC[C@H]1O[C@H](OC(C)=O)[C@H](N=Cc2c(O)n(C)c(=O)n(C)c2=O)[C@@H](OC(C)=O)[C@H]1OC(C)=O. The molecular formula is C21H27N3O12. The minimum atomic E-state index is -1.56. The van der Waals surface area contributed by atoms with Crippen LogP contribution in [0.4, 0.5) is 0 Å². The maximum absolute atomic E-state index is 12.5. The lowest BCUT2D eigenvalue weighted by molar-refractivity contribution is -0.266. The summed E-state index contributed by atoms with van der Waals surface area (Å²) in [7, 11) is 2.41. The predicted octanol–water partition coefficient (Wildman–Crippen LogP) is -1.71. The molecule has 1 aliphatic heterocycles. The van der Waals surface area contributed by atoms with Gasteiger partial charge in [0, 0.05) is 48.0 Å². The normalized spacial score (nSPS) is 23.7. The summed E-state index contributed by atoms with van der Waals surface area (Å²) >= 11 is 0. The molecule has 0 unspecified atom stereocenters. The number of aromatic hydroxyl groups is 1. The number of esters is 4. The molecule has 36 heavy (non-hydrogen) atoms. The lowest BCUT2D eigenvalue weighted by Crippen LogP contribution is -2.61. The zero-order valence-corrected chi connectivity index (χ0v) is 20.5. The monoisotopic (exact) mass is 513 g/mol. The number of carbonyl (C=O) groups excluding carboxylic acids is 4. The lowest BCUT2D eigenvalue weighted by atomic mass is 9.96. The molecule has 0 saturated carbocycles. The van der Waals surface area contributed by atoms with Crippen molar-refractivity contribution < 1.29 is 48.0 Å². The highest BCUT2D eigenvalue weighted by atomic mass is 16.7. The molecule has 0 amide bonds. The Labute approximate surface area is 204 Å². The van der Waals surface area contributed by atoms with Gasteiger partial charge in [-0.2, -0.15) is 0 Å². The van der Waals surface area contributed by atoms with Gasteiger partial charge in [-0.1, -0.05) is 0 Å². The molecular weight excluding hydrogens is 486 g/mol. The second-order valence-corrected chi connectivity index (χ2v) is 7.81. The third-order valence-electron chi connectivity index (χ3n) is 4.99. The molecule has 1 saturated heterocycles. The predicted molar refractivity (Wildman–Crippen MR) is 118 cm³/mol. The average Bonchev–Trinajstić information content (AvgIpc) is 2.77. The van der Waals surface area contributed by atoms with Crippen molar-refractivity contribution in [3.05, 3.63) is 26.4 Å². The Hall–Kier alpha value is -4.01. The summed E-state index contributed by atoms with van der Waals surface area (Å²) in [6, 6.07) is -1.42. The van der Waals surface area contributed by atoms with Gasteiger partial charge < -0.3 is 28.8 Å². The maximum atomic E-state index is 12.5. The van der Waals surface area contributed by atoms with E-state index in [0.717, 1.165) is 43.0 Å². The molecule has 2 rings (SSSR count). The first-order valence-electron chi connectivity index (χ1n) is 10.6. The fraction of sp³-hybridized carbons (Fsp3) is 0.571. The van der Waals surface area contributed by atoms with Crippen molar-refractivity contribution in [3.8, 4) is 5.88 Å². The molecule has 1 aromatic heterocycles. The molecule has 0 radical (unpaired) electrons. The first kappa shape index (κ1) is 28.2. The summed E-state index contributed by atoms with van der Waals surface area (Å²) in [6.07, 6.45) is -4.74. The van der Waals surface area contributed by atoms with Crippen molar-refractivity contribution in [3.63, 3.8) is 0 Å². The Bertz CT molecular complexity index is 1180. The van der Waals surface area contributed by atoms with Crippen molar-refractivity contribution in [2.45, 2.75) is 58.3 Å². The van der Waals surface area contributed by atoms with Crippen LogP contribution >= 0.6 is 0 Å². The fourth-order valence-electron chi connectivity index (χ4n) is 3.44. The van der Waals surface area contributed by atoms with Gasteiger partial charge in [0.2, 0.25) is 12.2 Å². The van der Waals surface area contributed by atoms with Crippen LogP contribution in [0.25, 0.3) is 0 Å². The van der Waals surface area contributed by atoms with Crippen LogP contribution in [0.1, 0.15) is 33.3 Å². The molecule has 0 aromatic carbocycles. The zero-order chi connectivity index (χ0) is 27.3. The minimum absolute atomic E-state index is 0.408. The Morgan fingerprint density at radius 3 is 2.00 bits per heavy atom. The van der Waals surface area contributed by atoms with E-state index in [4.69, 9.17) is 23.7 Å². The van der Waals surface area contributed by atoms with Gasteiger partial charge in [0.1, 0.15) is 18.3 Å². The van der Waals surface area contributed by atoms with Gasteiger partial charge in [-0.25, -0.2) is 4.79 Å². The van der Waals surface area contributed by atoms with Crippen LogP contribution < -0.4 is 11.2 Å². The molecule has 1 fully saturated rings. The van der Waals surface area contributed by atoms with Gasteiger partial charge in [-0.3, -0.25) is 38.1 Å². The van der Waals surface area contributed by atoms with E-state index in [9.17, 15) is 33.9 Å². The van der Waals surface area contributed by atoms with Gasteiger partial charge in [0.05, 0.1) is 0 Å². The van der Waals surface area contributed by atoms with E-state index in [1.54, 1.807) is 0 Å². The number of carbonyl (C=O) groups is 4. The van der Waals surface area contributed by atoms with E-state index in [2.05, 4.69) is 4.99 Å². The number of ether oxygens (including phenoxy) is 5. The molecule has 0 spiro atoms. The smallest absolute Gasteiger partial charge is 0.333 e. The van der Waals surface area contributed by atoms with E-state index < -0.39 is 83.8 Å². The van der Waals surface area contributed by atoms with Crippen LogP contribution in [-0.2, 0) is 57.0 Å². The van der Waals surface area contributed by atoms with Crippen LogP contribution in [0.5, 0.6) is 5.88 Å². The molecule has 1 aliphatic rings. The Balaban J connectivity index is 2.64. The van der Waals surface area contributed by atoms with Crippen molar-refractivity contribution in [1.82, 2.24) is 9.13 Å². The summed E-state index contributed by atoms with van der Waals surface area (Å²) < 4.78 is 28.0. The van der Waals surface area contributed by atoms with Crippen LogP contribution in [0.3, 0.4) is 0 Å². The minimum Gasteiger partial charge on any atom is -0.494 e. The van der Waals surface area contributed by atoms with Gasteiger partial charge >= 0.3 is 29.6 Å². The molecule has 1 aromatic rings. The van der Waals surface area contributed by atoms with Crippen LogP contribution in [0, 0.1) is 0 Å². The second-order valence-electron chi connectivity index (χ2n) is 7.81. The first-order valence-corrected chi connectivity index (χ1v) is 10.6. The molecule has 2 heterocycles. The Kier molecular flexibility index (Phi) is 9.11. The quantitative estimate of drug-likeness (QED) is 0.247. The zero-order valence-electron chi connectivity index (χ0n) is 20.5. The summed E-state index contributed by atoms with van der Waals surface area (Å²) in [4.78, 5) is 75.5. The molecule has 1 N–H and O–H groups in total. The highest BCUT2D eigenvalue weighted by Crippen LogP contribution is 2.30. The van der Waals surface area contributed by atoms with Gasteiger partial charge in [0.25, 0.3) is 5.56 Å². The van der Waals surface area contributed by atoms with Crippen molar-refractivity contribution >= 4 is 30.1 Å². The third kappa shape index (κ3) is 6.56. The molecule has 15 heteroatoms. The molecule has 15 nitrogen and oxygen atoms in total. The molecule has 0 aliphatic carbocycles. The molecule has 0 bridgehead atoms. The lowest BCUT2D eigenvalue weighted by Gasteiger charge is -2.42. The van der Waals surface area contributed by atoms with Crippen molar-refractivity contribution in [2.75, 3.05) is 6.61 Å². The van der Waals surface area contributed by atoms with Crippen LogP contribution in [-0.4, -0.2) is 81.6 Å². The van der Waals surface area contributed by atoms with E-state index in [1.807, 2.05) is 0 Å². The van der Waals surface area contributed by atoms with Crippen molar-refractivity contribution in [1.29, 1.82) is 0 Å². The molecule has 198 valence electrons. The van der Waals surface area contributed by atoms with Crippen molar-refractivity contribution in [2.24, 2.45) is 19.1 Å². The van der Waals surface area contributed by atoms with E-state index in [-0.39, 0.29) is 0 Å². The number of nitrogens with zero attached hydrogens (tertiary/aromatic N) is 3. The summed E-state index contributed by atoms with van der Waals surface area (Å²) in [6.45, 7) is 3.89. The highest BCUT2D eigenvalue weighted by molar-refractivity contribution is 5.82. The van der Waals surface area contributed by atoms with Gasteiger partial charge in [-0.15, -0.1) is 0 Å². The third-order valence-corrected chi connectivity index (χ3v) is 4.99. The summed E-state index contributed by atoms with van der Waals surface area (Å²) in [5.41, 5.74) is -2.10. The number of aliphatic imine (C=N–C) groups is 1. The van der Waals surface area contributed by atoms with Gasteiger partial charge in [-0.05, 0) is 0 Å². The van der Waals surface area contributed by atoms with Crippen LogP contribution in [0.2, 0.25) is 0 Å². The maximum Gasteiger partial charge on any atom is 0.333 e. The largest absolute Gasteiger partial charge is 0.494 e. The van der Waals surface area contributed by atoms with Crippen LogP contribution in [0.15, 0.2) is 14.6 Å². The Morgan fingerprint density at radius 1 is 0.917 bits per heavy atom. The summed E-state index contributed by atoms with van der Waals surface area (Å²) in [5.74, 6) is -3.84. The summed E-state index contributed by atoms with van der Waals surface area (Å²) in [5, 5.41) is 10.3. The second kappa shape index (κ2) is 11.6. The van der Waals surface area contributed by atoms with Gasteiger partial charge in [0.15, 0.2) is 18.2 Å². The number of aromatic nitrogens is 2. The number of hydrogen-bond donors (Lipinski definition) is 1. The Morgan fingerprint density at radius 2 is 1.47 bits per heavy atom. The average molecular weight is 513 g/mol. The molecule has 5 atom stereocenters. The fourth-order valence-corrected chi connectivity index (χ4v) is 3.44. The topological polar surface area (TPSA) is 191 Å². The van der Waals surface area contributed by atoms with E-state index in [1.165, 1.54) is 14.1 Å². The number of hydrogen-bond acceptors (Lipinski definition) is 13. The first-order chi connectivity index (χ1) is 16.7. The van der Waals surface area contributed by atoms with E-state index >= 15 is 0 Å². The van der Waals surface area contributed by atoms with E-state index in [0.29, 0.717) is 0 Å². The standard InChI is InChI=1S/C21H27N3O12/c1-9(25)32-8-14-16(33-10(2)26)17(34-11(3)27)15(20(36-14)35-12(4)28)22-7-13-18(29)23(5)21(31)24(6)19(13)30/h7,14-17,20,29H,8H2,1-6H3/t14-,15-,16+,17-,20+/m1/s1. The number of rotatable bonds is 7.